The second-order valence-electron chi connectivity index (χ2n) is 5.58. The van der Waals surface area contributed by atoms with Crippen molar-refractivity contribution < 1.29 is 27.4 Å². The van der Waals surface area contributed by atoms with Gasteiger partial charge < -0.3 is 19.5 Å². The smallest absolute Gasteiger partial charge is 0.265 e. The van der Waals surface area contributed by atoms with E-state index < -0.39 is 16.1 Å². The van der Waals surface area contributed by atoms with Gasteiger partial charge in [0.05, 0.1) is 30.5 Å². The summed E-state index contributed by atoms with van der Waals surface area (Å²) in [5.41, 5.74) is 0.534. The van der Waals surface area contributed by atoms with Gasteiger partial charge >= 0.3 is 0 Å². The van der Waals surface area contributed by atoms with Crippen LogP contribution < -0.4 is 24.2 Å². The van der Waals surface area contributed by atoms with E-state index in [1.165, 1.54) is 38.5 Å². The maximum atomic E-state index is 12.7. The molecule has 1 aliphatic heterocycles. The van der Waals surface area contributed by atoms with Crippen molar-refractivity contribution in [1.82, 2.24) is 0 Å². The highest BCUT2D eigenvalue weighted by Crippen LogP contribution is 2.34. The Hall–Kier alpha value is -2.94. The van der Waals surface area contributed by atoms with Crippen molar-refractivity contribution in [2.75, 3.05) is 24.3 Å². The zero-order chi connectivity index (χ0) is 18.9. The Morgan fingerprint density at radius 2 is 1.88 bits per heavy atom. The molecule has 1 unspecified atom stereocenters. The average Bonchev–Trinajstić information content (AvgIpc) is 2.61. The number of fused-ring (bicyclic) bond motifs is 1. The molecule has 0 fully saturated rings. The molecule has 0 saturated carbocycles. The van der Waals surface area contributed by atoms with Crippen LogP contribution in [0.25, 0.3) is 0 Å². The summed E-state index contributed by atoms with van der Waals surface area (Å²) in [7, 11) is -1.01. The molecule has 0 aliphatic carbocycles. The molecule has 0 saturated heterocycles. The molecule has 138 valence electrons. The van der Waals surface area contributed by atoms with E-state index in [1.807, 2.05) is 0 Å². The number of ether oxygens (including phenoxy) is 3. The number of amides is 1. The molecule has 1 amide bonds. The van der Waals surface area contributed by atoms with Gasteiger partial charge in [-0.1, -0.05) is 0 Å². The number of methoxy groups -OCH3 is 2. The lowest BCUT2D eigenvalue weighted by Crippen LogP contribution is -2.34. The topological polar surface area (TPSA) is 103 Å². The van der Waals surface area contributed by atoms with E-state index in [1.54, 1.807) is 19.1 Å². The Bertz CT molecular complexity index is 958. The molecule has 1 heterocycles. The third-order valence-electron chi connectivity index (χ3n) is 3.84. The SMILES string of the molecule is COc1ccc(OC)c(NS(=O)(=O)c2ccc3c(c2)NC(=O)C(C)O3)c1. The summed E-state index contributed by atoms with van der Waals surface area (Å²) in [6.07, 6.45) is -0.635. The minimum absolute atomic E-state index is 0.0282. The summed E-state index contributed by atoms with van der Waals surface area (Å²) in [5, 5.41) is 2.63. The lowest BCUT2D eigenvalue weighted by Gasteiger charge is -2.23. The molecule has 9 heteroatoms. The van der Waals surface area contributed by atoms with Crippen LogP contribution in [-0.2, 0) is 14.8 Å². The predicted octanol–water partition coefficient (Wildman–Crippen LogP) is 2.22. The first-order chi connectivity index (χ1) is 12.3. The maximum Gasteiger partial charge on any atom is 0.265 e. The molecule has 0 bridgehead atoms. The van der Waals surface area contributed by atoms with Crippen molar-refractivity contribution in [1.29, 1.82) is 0 Å². The molecule has 26 heavy (non-hydrogen) atoms. The lowest BCUT2D eigenvalue weighted by molar-refractivity contribution is -0.122. The van der Waals surface area contributed by atoms with Crippen LogP contribution in [0, 0.1) is 0 Å². The Morgan fingerprint density at radius 3 is 2.58 bits per heavy atom. The van der Waals surface area contributed by atoms with Crippen molar-refractivity contribution in [3.8, 4) is 17.2 Å². The number of carbonyl (C=O) groups is 1. The average molecular weight is 378 g/mol. The first-order valence-corrected chi connectivity index (χ1v) is 9.19. The Kier molecular flexibility index (Phi) is 4.64. The van der Waals surface area contributed by atoms with Gasteiger partial charge in [0.15, 0.2) is 6.10 Å². The highest BCUT2D eigenvalue weighted by atomic mass is 32.2. The minimum atomic E-state index is -3.93. The van der Waals surface area contributed by atoms with E-state index in [-0.39, 0.29) is 16.5 Å². The van der Waals surface area contributed by atoms with E-state index in [4.69, 9.17) is 14.2 Å². The van der Waals surface area contributed by atoms with Gasteiger partial charge in [-0.15, -0.1) is 0 Å². The van der Waals surface area contributed by atoms with Crippen molar-refractivity contribution >= 4 is 27.3 Å². The molecular formula is C17H18N2O6S. The van der Waals surface area contributed by atoms with Gasteiger partial charge in [-0.05, 0) is 37.3 Å². The summed E-state index contributed by atoms with van der Waals surface area (Å²) in [5.74, 6) is 0.894. The van der Waals surface area contributed by atoms with Crippen LogP contribution in [-0.4, -0.2) is 34.6 Å². The second-order valence-corrected chi connectivity index (χ2v) is 7.26. The van der Waals surface area contributed by atoms with Crippen LogP contribution >= 0.6 is 0 Å². The summed E-state index contributed by atoms with van der Waals surface area (Å²) in [6, 6.07) is 9.01. The number of carbonyl (C=O) groups excluding carboxylic acids is 1. The third-order valence-corrected chi connectivity index (χ3v) is 5.21. The van der Waals surface area contributed by atoms with E-state index >= 15 is 0 Å². The standard InChI is InChI=1S/C17H18N2O6S/c1-10-17(20)18-13-9-12(5-7-16(13)25-10)26(21,22)19-14-8-11(23-2)4-6-15(14)24-3/h4-10,19H,1-3H3,(H,18,20). The van der Waals surface area contributed by atoms with Crippen LogP contribution in [0.1, 0.15) is 6.92 Å². The summed E-state index contributed by atoms with van der Waals surface area (Å²) < 4.78 is 43.7. The third kappa shape index (κ3) is 3.38. The van der Waals surface area contributed by atoms with Crippen LogP contribution in [0.3, 0.4) is 0 Å². The Morgan fingerprint density at radius 1 is 1.12 bits per heavy atom. The summed E-state index contributed by atoms with van der Waals surface area (Å²) in [4.78, 5) is 11.7. The normalized spacial score (nSPS) is 16.1. The molecule has 0 aromatic heterocycles. The summed E-state index contributed by atoms with van der Waals surface area (Å²) >= 11 is 0. The Balaban J connectivity index is 1.95. The fourth-order valence-electron chi connectivity index (χ4n) is 2.45. The van der Waals surface area contributed by atoms with Crippen LogP contribution in [0.5, 0.6) is 17.2 Å². The molecule has 1 atom stereocenters. The van der Waals surface area contributed by atoms with Gasteiger partial charge in [0.25, 0.3) is 15.9 Å². The van der Waals surface area contributed by atoms with E-state index in [0.29, 0.717) is 22.9 Å². The fraction of sp³-hybridized carbons (Fsp3) is 0.235. The first kappa shape index (κ1) is 17.9. The number of rotatable bonds is 5. The van der Waals surface area contributed by atoms with Crippen LogP contribution in [0.4, 0.5) is 11.4 Å². The zero-order valence-corrected chi connectivity index (χ0v) is 15.2. The fourth-order valence-corrected chi connectivity index (χ4v) is 3.54. The quantitative estimate of drug-likeness (QED) is 0.827. The lowest BCUT2D eigenvalue weighted by atomic mass is 10.2. The van der Waals surface area contributed by atoms with Gasteiger partial charge in [-0.2, -0.15) is 0 Å². The van der Waals surface area contributed by atoms with Gasteiger partial charge in [-0.3, -0.25) is 9.52 Å². The van der Waals surface area contributed by atoms with E-state index in [2.05, 4.69) is 10.0 Å². The number of hydrogen-bond donors (Lipinski definition) is 2. The first-order valence-electron chi connectivity index (χ1n) is 7.70. The molecule has 8 nitrogen and oxygen atoms in total. The zero-order valence-electron chi connectivity index (χ0n) is 14.4. The van der Waals surface area contributed by atoms with E-state index in [9.17, 15) is 13.2 Å². The van der Waals surface area contributed by atoms with Crippen molar-refractivity contribution in [3.63, 3.8) is 0 Å². The monoisotopic (exact) mass is 378 g/mol. The highest BCUT2D eigenvalue weighted by Gasteiger charge is 2.26. The molecule has 3 rings (SSSR count). The van der Waals surface area contributed by atoms with Crippen LogP contribution in [0.2, 0.25) is 0 Å². The number of hydrogen-bond acceptors (Lipinski definition) is 6. The Labute approximate surface area is 151 Å². The molecule has 0 spiro atoms. The molecule has 0 radical (unpaired) electrons. The second kappa shape index (κ2) is 6.75. The minimum Gasteiger partial charge on any atom is -0.497 e. The molecular weight excluding hydrogens is 360 g/mol. The summed E-state index contributed by atoms with van der Waals surface area (Å²) in [6.45, 7) is 1.61. The van der Waals surface area contributed by atoms with Crippen molar-refractivity contribution in [2.45, 2.75) is 17.9 Å². The van der Waals surface area contributed by atoms with Gasteiger partial charge in [0.1, 0.15) is 17.2 Å². The number of nitrogens with one attached hydrogen (secondary N) is 2. The van der Waals surface area contributed by atoms with Crippen molar-refractivity contribution in [2.24, 2.45) is 0 Å². The van der Waals surface area contributed by atoms with E-state index in [0.717, 1.165) is 0 Å². The number of sulfonamides is 1. The van der Waals surface area contributed by atoms with Gasteiger partial charge in [0.2, 0.25) is 0 Å². The molecule has 2 aromatic carbocycles. The van der Waals surface area contributed by atoms with Gasteiger partial charge in [-0.25, -0.2) is 8.42 Å². The van der Waals surface area contributed by atoms with Crippen molar-refractivity contribution in [3.05, 3.63) is 36.4 Å². The molecule has 2 N–H and O–H groups in total. The van der Waals surface area contributed by atoms with Gasteiger partial charge in [0, 0.05) is 6.07 Å². The largest absolute Gasteiger partial charge is 0.497 e. The maximum absolute atomic E-state index is 12.7. The van der Waals surface area contributed by atoms with Crippen LogP contribution in [0.15, 0.2) is 41.3 Å². The number of benzene rings is 2. The molecule has 1 aliphatic rings. The molecule has 2 aromatic rings. The number of anilines is 2. The predicted molar refractivity (Wildman–Crippen MR) is 95.5 cm³/mol. The highest BCUT2D eigenvalue weighted by molar-refractivity contribution is 7.92.